The zero-order chi connectivity index (χ0) is 21.2. The van der Waals surface area contributed by atoms with Gasteiger partial charge in [0.05, 0.1) is 31.6 Å². The monoisotopic (exact) mass is 414 g/mol. The van der Waals surface area contributed by atoms with Crippen molar-refractivity contribution in [3.05, 3.63) is 84.3 Å². The molecule has 1 saturated heterocycles. The molecule has 31 heavy (non-hydrogen) atoms. The third kappa shape index (κ3) is 3.75. The topological polar surface area (TPSA) is 69.0 Å². The van der Waals surface area contributed by atoms with Crippen molar-refractivity contribution in [3.63, 3.8) is 0 Å². The molecule has 0 saturated carbocycles. The Kier molecular flexibility index (Phi) is 5.09. The molecule has 0 unspecified atom stereocenters. The van der Waals surface area contributed by atoms with Crippen LogP contribution in [0.3, 0.4) is 0 Å². The Morgan fingerprint density at radius 1 is 1.10 bits per heavy atom. The van der Waals surface area contributed by atoms with Gasteiger partial charge in [-0.25, -0.2) is 9.97 Å². The van der Waals surface area contributed by atoms with E-state index in [1.165, 1.54) is 0 Å². The lowest BCUT2D eigenvalue weighted by atomic mass is 10.1. The lowest BCUT2D eigenvalue weighted by molar-refractivity contribution is -0.0245. The molecule has 5 rings (SSSR count). The Hall–Kier alpha value is -3.71. The van der Waals surface area contributed by atoms with E-state index in [4.69, 9.17) is 14.5 Å². The van der Waals surface area contributed by atoms with Gasteiger partial charge in [-0.3, -0.25) is 9.20 Å². The molecule has 1 fully saturated rings. The summed E-state index contributed by atoms with van der Waals surface area (Å²) in [6, 6.07) is 19.1. The summed E-state index contributed by atoms with van der Waals surface area (Å²) in [5.74, 6) is 0.587. The first kappa shape index (κ1) is 19.3. The summed E-state index contributed by atoms with van der Waals surface area (Å²) in [5, 5.41) is 0. The van der Waals surface area contributed by atoms with Crippen LogP contribution in [-0.2, 0) is 4.74 Å². The molecule has 7 heteroatoms. The Bertz CT molecular complexity index is 1200. The van der Waals surface area contributed by atoms with Crippen molar-refractivity contribution in [3.8, 4) is 17.1 Å². The summed E-state index contributed by atoms with van der Waals surface area (Å²) in [7, 11) is 1.60. The average Bonchev–Trinajstić information content (AvgIpc) is 3.29. The van der Waals surface area contributed by atoms with Crippen LogP contribution in [-0.4, -0.2) is 52.0 Å². The van der Waals surface area contributed by atoms with E-state index < -0.39 is 0 Å². The highest BCUT2D eigenvalue weighted by molar-refractivity contribution is 5.94. The number of carbonyl (C=O) groups is 1. The second-order valence-corrected chi connectivity index (χ2v) is 7.37. The molecule has 1 aliphatic rings. The first-order valence-electron chi connectivity index (χ1n) is 10.2. The van der Waals surface area contributed by atoms with Crippen molar-refractivity contribution in [2.24, 2.45) is 0 Å². The minimum Gasteiger partial charge on any atom is -0.481 e. The fourth-order valence-corrected chi connectivity index (χ4v) is 3.85. The fourth-order valence-electron chi connectivity index (χ4n) is 3.85. The smallest absolute Gasteiger partial charge is 0.254 e. The lowest BCUT2D eigenvalue weighted by Crippen LogP contribution is -2.42. The number of morpholine rings is 1. The van der Waals surface area contributed by atoms with Crippen LogP contribution >= 0.6 is 0 Å². The standard InChI is InChI=1S/C24H22N4O3/c1-30-23-11-10-18(14-25-23)20-8-5-9-22-26-19(15-28(20)22)21-16-27(12-13-31-21)24(29)17-6-3-2-4-7-17/h2-11,14-15,21H,12-13,16H2,1H3/t21-/m1/s1. The molecule has 0 aliphatic carbocycles. The van der Waals surface area contributed by atoms with Gasteiger partial charge >= 0.3 is 0 Å². The van der Waals surface area contributed by atoms with Gasteiger partial charge in [-0.1, -0.05) is 24.3 Å². The first-order chi connectivity index (χ1) is 15.2. The molecular weight excluding hydrogens is 392 g/mol. The normalized spacial score (nSPS) is 16.4. The van der Waals surface area contributed by atoms with E-state index in [9.17, 15) is 4.79 Å². The van der Waals surface area contributed by atoms with Crippen LogP contribution in [0.2, 0.25) is 0 Å². The number of pyridine rings is 2. The van der Waals surface area contributed by atoms with Crippen LogP contribution < -0.4 is 4.74 Å². The lowest BCUT2D eigenvalue weighted by Gasteiger charge is -2.32. The van der Waals surface area contributed by atoms with Crippen molar-refractivity contribution in [1.82, 2.24) is 19.3 Å². The predicted molar refractivity (Wildman–Crippen MR) is 116 cm³/mol. The summed E-state index contributed by atoms with van der Waals surface area (Å²) in [6.07, 6.45) is 3.49. The maximum atomic E-state index is 12.9. The third-order valence-electron chi connectivity index (χ3n) is 5.46. The Morgan fingerprint density at radius 3 is 2.74 bits per heavy atom. The number of methoxy groups -OCH3 is 1. The number of imidazole rings is 1. The van der Waals surface area contributed by atoms with Crippen LogP contribution in [0.15, 0.2) is 73.1 Å². The number of hydrogen-bond acceptors (Lipinski definition) is 5. The van der Waals surface area contributed by atoms with E-state index in [2.05, 4.69) is 4.98 Å². The molecular formula is C24H22N4O3. The van der Waals surface area contributed by atoms with E-state index in [1.807, 2.05) is 76.2 Å². The van der Waals surface area contributed by atoms with Crippen LogP contribution in [0, 0.1) is 0 Å². The van der Waals surface area contributed by atoms with E-state index in [0.717, 1.165) is 22.6 Å². The molecule has 1 atom stereocenters. The van der Waals surface area contributed by atoms with Gasteiger partial charge in [0.2, 0.25) is 5.88 Å². The molecule has 0 N–H and O–H groups in total. The average molecular weight is 414 g/mol. The van der Waals surface area contributed by atoms with Gasteiger partial charge in [0.15, 0.2) is 0 Å². The van der Waals surface area contributed by atoms with Crippen molar-refractivity contribution in [2.45, 2.75) is 6.10 Å². The molecule has 156 valence electrons. The van der Waals surface area contributed by atoms with Crippen molar-refractivity contribution in [1.29, 1.82) is 0 Å². The third-order valence-corrected chi connectivity index (χ3v) is 5.46. The van der Waals surface area contributed by atoms with Crippen molar-refractivity contribution in [2.75, 3.05) is 26.8 Å². The number of aromatic nitrogens is 3. The van der Waals surface area contributed by atoms with E-state index in [0.29, 0.717) is 31.1 Å². The highest BCUT2D eigenvalue weighted by Crippen LogP contribution is 2.27. The molecule has 4 aromatic rings. The largest absolute Gasteiger partial charge is 0.481 e. The molecule has 1 amide bonds. The van der Waals surface area contributed by atoms with E-state index in [-0.39, 0.29) is 12.0 Å². The zero-order valence-electron chi connectivity index (χ0n) is 17.1. The molecule has 1 aliphatic heterocycles. The summed E-state index contributed by atoms with van der Waals surface area (Å²) >= 11 is 0. The quantitative estimate of drug-likeness (QED) is 0.510. The molecule has 1 aromatic carbocycles. The highest BCUT2D eigenvalue weighted by Gasteiger charge is 2.28. The van der Waals surface area contributed by atoms with Crippen molar-refractivity contribution >= 4 is 11.6 Å². The van der Waals surface area contributed by atoms with Crippen LogP contribution in [0.5, 0.6) is 5.88 Å². The summed E-state index contributed by atoms with van der Waals surface area (Å²) in [4.78, 5) is 23.8. The number of benzene rings is 1. The number of amides is 1. The number of ether oxygens (including phenoxy) is 2. The summed E-state index contributed by atoms with van der Waals surface area (Å²) in [6.45, 7) is 1.52. The van der Waals surface area contributed by atoms with Gasteiger partial charge in [-0.05, 0) is 30.3 Å². The number of nitrogens with zero attached hydrogens (tertiary/aromatic N) is 4. The van der Waals surface area contributed by atoms with Crippen molar-refractivity contribution < 1.29 is 14.3 Å². The van der Waals surface area contributed by atoms with Gasteiger partial charge in [-0.2, -0.15) is 0 Å². The minimum atomic E-state index is -0.275. The summed E-state index contributed by atoms with van der Waals surface area (Å²) < 4.78 is 13.2. The number of fused-ring (bicyclic) bond motifs is 1. The maximum absolute atomic E-state index is 12.9. The molecule has 0 bridgehead atoms. The second kappa shape index (κ2) is 8.20. The van der Waals surface area contributed by atoms with E-state index in [1.54, 1.807) is 13.3 Å². The van der Waals surface area contributed by atoms with Crippen LogP contribution in [0.4, 0.5) is 0 Å². The first-order valence-corrected chi connectivity index (χ1v) is 10.2. The molecule has 0 radical (unpaired) electrons. The Labute approximate surface area is 179 Å². The highest BCUT2D eigenvalue weighted by atomic mass is 16.5. The minimum absolute atomic E-state index is 0.0164. The summed E-state index contributed by atoms with van der Waals surface area (Å²) in [5.41, 5.74) is 4.24. The molecule has 7 nitrogen and oxygen atoms in total. The number of carbonyl (C=O) groups excluding carboxylic acids is 1. The van der Waals surface area contributed by atoms with Gasteiger partial charge in [0.25, 0.3) is 5.91 Å². The van der Waals surface area contributed by atoms with Crippen LogP contribution in [0.1, 0.15) is 22.2 Å². The Balaban J connectivity index is 1.43. The predicted octanol–water partition coefficient (Wildman–Crippen LogP) is 3.62. The number of hydrogen-bond donors (Lipinski definition) is 0. The molecule has 0 spiro atoms. The zero-order valence-corrected chi connectivity index (χ0v) is 17.1. The van der Waals surface area contributed by atoms with Crippen LogP contribution in [0.25, 0.3) is 16.9 Å². The number of rotatable bonds is 4. The van der Waals surface area contributed by atoms with Gasteiger partial charge < -0.3 is 14.4 Å². The second-order valence-electron chi connectivity index (χ2n) is 7.37. The Morgan fingerprint density at radius 2 is 1.97 bits per heavy atom. The SMILES string of the molecule is COc1ccc(-c2cccc3nc([C@H]4CN(C(=O)c5ccccc5)CCO4)cn23)cn1. The van der Waals surface area contributed by atoms with Gasteiger partial charge in [0.1, 0.15) is 11.8 Å². The van der Waals surface area contributed by atoms with E-state index >= 15 is 0 Å². The molecule has 4 heterocycles. The maximum Gasteiger partial charge on any atom is 0.254 e. The van der Waals surface area contributed by atoms with Gasteiger partial charge in [0, 0.05) is 36.1 Å². The van der Waals surface area contributed by atoms with Gasteiger partial charge in [-0.15, -0.1) is 0 Å². The fraction of sp³-hybridized carbons (Fsp3) is 0.208. The molecule has 3 aromatic heterocycles.